The van der Waals surface area contributed by atoms with Crippen LogP contribution in [0.1, 0.15) is 21.7 Å². The number of nitrogen functional groups attached to an aromatic ring is 1. The molecule has 0 unspecified atom stereocenters. The van der Waals surface area contributed by atoms with Crippen molar-refractivity contribution in [2.45, 2.75) is 13.3 Å². The fourth-order valence-corrected chi connectivity index (χ4v) is 3.70. The van der Waals surface area contributed by atoms with Crippen molar-refractivity contribution >= 4 is 28.6 Å². The normalized spacial score (nSPS) is 15.7. The third kappa shape index (κ3) is 2.95. The van der Waals surface area contributed by atoms with Crippen LogP contribution in [0.2, 0.25) is 0 Å². The maximum absolute atomic E-state index is 12.6. The molecule has 5 heteroatoms. The van der Waals surface area contributed by atoms with Gasteiger partial charge in [0.05, 0.1) is 5.69 Å². The van der Waals surface area contributed by atoms with Gasteiger partial charge in [0.1, 0.15) is 4.88 Å². The lowest BCUT2D eigenvalue weighted by atomic mass is 10.2. The van der Waals surface area contributed by atoms with Gasteiger partial charge >= 0.3 is 0 Å². The number of hydrogen-bond acceptors (Lipinski definition) is 4. The van der Waals surface area contributed by atoms with Crippen LogP contribution in [0.25, 0.3) is 0 Å². The Morgan fingerprint density at radius 2 is 1.95 bits per heavy atom. The molecule has 0 bridgehead atoms. The number of para-hydroxylation sites is 1. The van der Waals surface area contributed by atoms with Gasteiger partial charge in [-0.15, -0.1) is 11.3 Å². The summed E-state index contributed by atoms with van der Waals surface area (Å²) in [5.41, 5.74) is 9.02. The Hall–Kier alpha value is -2.01. The van der Waals surface area contributed by atoms with Crippen molar-refractivity contribution in [1.29, 1.82) is 0 Å². The Bertz CT molecular complexity index is 667. The largest absolute Gasteiger partial charge is 0.397 e. The SMILES string of the molecule is Cc1ccccc1N1CCCN(C(=O)c2sccc2N)CC1. The fourth-order valence-electron chi connectivity index (χ4n) is 2.92. The molecule has 1 saturated heterocycles. The van der Waals surface area contributed by atoms with Crippen molar-refractivity contribution in [1.82, 2.24) is 4.90 Å². The highest BCUT2D eigenvalue weighted by atomic mass is 32.1. The summed E-state index contributed by atoms with van der Waals surface area (Å²) < 4.78 is 0. The van der Waals surface area contributed by atoms with Crippen LogP contribution in [0, 0.1) is 6.92 Å². The molecule has 1 aromatic carbocycles. The van der Waals surface area contributed by atoms with E-state index in [-0.39, 0.29) is 5.91 Å². The van der Waals surface area contributed by atoms with Gasteiger partial charge in [0.2, 0.25) is 0 Å². The zero-order valence-electron chi connectivity index (χ0n) is 12.8. The molecule has 0 atom stereocenters. The van der Waals surface area contributed by atoms with Gasteiger partial charge in [-0.25, -0.2) is 0 Å². The zero-order chi connectivity index (χ0) is 15.5. The molecule has 1 aliphatic rings. The first-order valence-electron chi connectivity index (χ1n) is 7.59. The van der Waals surface area contributed by atoms with E-state index in [0.29, 0.717) is 10.6 Å². The van der Waals surface area contributed by atoms with Crippen LogP contribution >= 0.6 is 11.3 Å². The average Bonchev–Trinajstić information content (AvgIpc) is 2.80. The van der Waals surface area contributed by atoms with E-state index < -0.39 is 0 Å². The van der Waals surface area contributed by atoms with E-state index >= 15 is 0 Å². The van der Waals surface area contributed by atoms with Gasteiger partial charge in [0.15, 0.2) is 0 Å². The highest BCUT2D eigenvalue weighted by molar-refractivity contribution is 7.12. The van der Waals surface area contributed by atoms with E-state index in [1.54, 1.807) is 6.07 Å². The van der Waals surface area contributed by atoms with E-state index in [2.05, 4.69) is 36.1 Å². The summed E-state index contributed by atoms with van der Waals surface area (Å²) in [6.07, 6.45) is 0.978. The van der Waals surface area contributed by atoms with Crippen molar-refractivity contribution in [2.75, 3.05) is 36.8 Å². The fraction of sp³-hybridized carbons (Fsp3) is 0.353. The van der Waals surface area contributed by atoms with Gasteiger partial charge in [0, 0.05) is 31.9 Å². The Balaban J connectivity index is 1.72. The standard InChI is InChI=1S/C17H21N3OS/c1-13-5-2-3-6-15(13)19-8-4-9-20(11-10-19)17(21)16-14(18)7-12-22-16/h2-3,5-7,12H,4,8-11,18H2,1H3. The molecule has 0 radical (unpaired) electrons. The maximum Gasteiger partial charge on any atom is 0.266 e. The van der Waals surface area contributed by atoms with Gasteiger partial charge in [0.25, 0.3) is 5.91 Å². The van der Waals surface area contributed by atoms with Gasteiger partial charge in [-0.05, 0) is 36.4 Å². The molecular formula is C17H21N3OS. The third-order valence-electron chi connectivity index (χ3n) is 4.13. The van der Waals surface area contributed by atoms with Crippen LogP contribution in [0.15, 0.2) is 35.7 Å². The monoisotopic (exact) mass is 315 g/mol. The van der Waals surface area contributed by atoms with Crippen molar-refractivity contribution in [3.05, 3.63) is 46.2 Å². The highest BCUT2D eigenvalue weighted by Gasteiger charge is 2.23. The summed E-state index contributed by atoms with van der Waals surface area (Å²) in [4.78, 5) is 17.6. The molecular weight excluding hydrogens is 294 g/mol. The van der Waals surface area contributed by atoms with E-state index in [4.69, 9.17) is 5.73 Å². The van der Waals surface area contributed by atoms with Gasteiger partial charge < -0.3 is 15.5 Å². The molecule has 3 rings (SSSR count). The number of carbonyl (C=O) groups excluding carboxylic acids is 1. The lowest BCUT2D eigenvalue weighted by Gasteiger charge is -2.25. The van der Waals surface area contributed by atoms with Crippen LogP contribution in [-0.4, -0.2) is 37.0 Å². The average molecular weight is 315 g/mol. The molecule has 2 heterocycles. The minimum atomic E-state index is 0.0686. The van der Waals surface area contributed by atoms with Crippen molar-refractivity contribution in [2.24, 2.45) is 0 Å². The number of amides is 1. The number of hydrogen-bond donors (Lipinski definition) is 1. The number of aryl methyl sites for hydroxylation is 1. The predicted molar refractivity (Wildman–Crippen MR) is 92.6 cm³/mol. The number of thiophene rings is 1. The molecule has 0 spiro atoms. The van der Waals surface area contributed by atoms with E-state index in [0.717, 1.165) is 32.6 Å². The molecule has 116 valence electrons. The number of nitrogens with zero attached hydrogens (tertiary/aromatic N) is 2. The topological polar surface area (TPSA) is 49.6 Å². The lowest BCUT2D eigenvalue weighted by molar-refractivity contribution is 0.0773. The number of carbonyl (C=O) groups is 1. The van der Waals surface area contributed by atoms with Gasteiger partial charge in [-0.3, -0.25) is 4.79 Å². The third-order valence-corrected chi connectivity index (χ3v) is 5.05. The van der Waals surface area contributed by atoms with Crippen LogP contribution in [-0.2, 0) is 0 Å². The first-order valence-corrected chi connectivity index (χ1v) is 8.47. The molecule has 1 amide bonds. The van der Waals surface area contributed by atoms with Crippen molar-refractivity contribution in [3.8, 4) is 0 Å². The molecule has 0 aliphatic carbocycles. The van der Waals surface area contributed by atoms with E-state index in [1.807, 2.05) is 10.3 Å². The van der Waals surface area contributed by atoms with E-state index in [9.17, 15) is 4.79 Å². The minimum Gasteiger partial charge on any atom is -0.397 e. The van der Waals surface area contributed by atoms with E-state index in [1.165, 1.54) is 22.6 Å². The molecule has 4 nitrogen and oxygen atoms in total. The summed E-state index contributed by atoms with van der Waals surface area (Å²) >= 11 is 1.43. The minimum absolute atomic E-state index is 0.0686. The Morgan fingerprint density at radius 3 is 2.68 bits per heavy atom. The summed E-state index contributed by atoms with van der Waals surface area (Å²) in [5.74, 6) is 0.0686. The summed E-state index contributed by atoms with van der Waals surface area (Å²) in [6, 6.07) is 10.2. The second-order valence-corrected chi connectivity index (χ2v) is 6.54. The van der Waals surface area contributed by atoms with Crippen LogP contribution in [0.4, 0.5) is 11.4 Å². The summed E-state index contributed by atoms with van der Waals surface area (Å²) in [5, 5.41) is 1.88. The predicted octanol–water partition coefficient (Wildman–Crippen LogP) is 2.99. The Labute approximate surface area is 135 Å². The number of benzene rings is 1. The highest BCUT2D eigenvalue weighted by Crippen LogP contribution is 2.24. The number of nitrogens with two attached hydrogens (primary N) is 1. The van der Waals surface area contributed by atoms with Crippen molar-refractivity contribution in [3.63, 3.8) is 0 Å². The molecule has 22 heavy (non-hydrogen) atoms. The van der Waals surface area contributed by atoms with Crippen LogP contribution in [0.3, 0.4) is 0 Å². The quantitative estimate of drug-likeness (QED) is 0.927. The van der Waals surface area contributed by atoms with Crippen LogP contribution in [0.5, 0.6) is 0 Å². The number of rotatable bonds is 2. The molecule has 1 aliphatic heterocycles. The smallest absolute Gasteiger partial charge is 0.266 e. The molecule has 2 N–H and O–H groups in total. The van der Waals surface area contributed by atoms with Gasteiger partial charge in [-0.1, -0.05) is 18.2 Å². The number of anilines is 2. The second kappa shape index (κ2) is 6.40. The second-order valence-electron chi connectivity index (χ2n) is 5.62. The maximum atomic E-state index is 12.6. The lowest BCUT2D eigenvalue weighted by Crippen LogP contribution is -2.35. The first kappa shape index (κ1) is 14.9. The molecule has 1 aromatic heterocycles. The Morgan fingerprint density at radius 1 is 1.14 bits per heavy atom. The van der Waals surface area contributed by atoms with Gasteiger partial charge in [-0.2, -0.15) is 0 Å². The summed E-state index contributed by atoms with van der Waals surface area (Å²) in [6.45, 7) is 5.51. The Kier molecular flexibility index (Phi) is 4.34. The first-order chi connectivity index (χ1) is 10.7. The molecule has 1 fully saturated rings. The zero-order valence-corrected chi connectivity index (χ0v) is 13.6. The summed E-state index contributed by atoms with van der Waals surface area (Å²) in [7, 11) is 0. The molecule has 0 saturated carbocycles. The molecule has 2 aromatic rings. The van der Waals surface area contributed by atoms with Crippen LogP contribution < -0.4 is 10.6 Å². The van der Waals surface area contributed by atoms with Crippen molar-refractivity contribution < 1.29 is 4.79 Å².